The summed E-state index contributed by atoms with van der Waals surface area (Å²) in [6.07, 6.45) is 3.32. The van der Waals surface area contributed by atoms with Crippen LogP contribution in [0.2, 0.25) is 0 Å². The summed E-state index contributed by atoms with van der Waals surface area (Å²) in [4.78, 5) is 4.34. The minimum Gasteiger partial charge on any atom is -0.385 e. The van der Waals surface area contributed by atoms with Gasteiger partial charge >= 0.3 is 0 Å². The molecule has 0 aliphatic carbocycles. The van der Waals surface area contributed by atoms with Gasteiger partial charge in [-0.3, -0.25) is 4.99 Å². The van der Waals surface area contributed by atoms with Gasteiger partial charge in [0.1, 0.15) is 11.4 Å². The summed E-state index contributed by atoms with van der Waals surface area (Å²) in [5, 5.41) is 0. The lowest BCUT2D eigenvalue weighted by Crippen LogP contribution is -2.46. The van der Waals surface area contributed by atoms with Gasteiger partial charge in [0.15, 0.2) is 0 Å². The fourth-order valence-electron chi connectivity index (χ4n) is 1.55. The van der Waals surface area contributed by atoms with Crippen molar-refractivity contribution in [1.82, 2.24) is 0 Å². The first-order chi connectivity index (χ1) is 6.04. The maximum Gasteiger partial charge on any atom is 0.126 e. The van der Waals surface area contributed by atoms with Crippen LogP contribution in [0, 0.1) is 0 Å². The Morgan fingerprint density at radius 3 is 2.62 bits per heavy atom. The number of hydrogen-bond acceptors (Lipinski definition) is 2. The van der Waals surface area contributed by atoms with Gasteiger partial charge in [0.05, 0.1) is 0 Å². The van der Waals surface area contributed by atoms with E-state index >= 15 is 0 Å². The number of aliphatic imine (C=N–C) groups is 1. The van der Waals surface area contributed by atoms with E-state index in [0.29, 0.717) is 5.84 Å². The highest BCUT2D eigenvalue weighted by Crippen LogP contribution is 2.24. The summed E-state index contributed by atoms with van der Waals surface area (Å²) < 4.78 is 5.67. The molecule has 13 heavy (non-hydrogen) atoms. The highest BCUT2D eigenvalue weighted by Gasteiger charge is 2.31. The van der Waals surface area contributed by atoms with Crippen molar-refractivity contribution in [3.63, 3.8) is 0 Å². The van der Waals surface area contributed by atoms with Crippen LogP contribution in [0.5, 0.6) is 0 Å². The van der Waals surface area contributed by atoms with Crippen molar-refractivity contribution in [2.24, 2.45) is 10.7 Å². The highest BCUT2D eigenvalue weighted by molar-refractivity contribution is 5.88. The minimum absolute atomic E-state index is 0.252. The molecule has 0 aromatic heterocycles. The van der Waals surface area contributed by atoms with E-state index in [1.165, 1.54) is 6.42 Å². The first-order valence-corrected chi connectivity index (χ1v) is 5.02. The molecule has 0 bridgehead atoms. The van der Waals surface area contributed by atoms with Crippen molar-refractivity contribution in [3.05, 3.63) is 0 Å². The zero-order valence-corrected chi connectivity index (χ0v) is 8.84. The third kappa shape index (κ3) is 2.69. The first-order valence-electron chi connectivity index (χ1n) is 5.02. The van der Waals surface area contributed by atoms with Crippen molar-refractivity contribution in [1.29, 1.82) is 0 Å². The summed E-state index contributed by atoms with van der Waals surface area (Å²) in [6.45, 7) is 6.90. The fourth-order valence-corrected chi connectivity index (χ4v) is 1.55. The van der Waals surface area contributed by atoms with Crippen molar-refractivity contribution < 1.29 is 4.74 Å². The van der Waals surface area contributed by atoms with Crippen LogP contribution >= 0.6 is 0 Å². The van der Waals surface area contributed by atoms with Gasteiger partial charge in [0.2, 0.25) is 0 Å². The number of nitrogens with zero attached hydrogens (tertiary/aromatic N) is 1. The molecular formula is C10H20N2O. The molecule has 1 unspecified atom stereocenters. The minimum atomic E-state index is -0.303. The van der Waals surface area contributed by atoms with Gasteiger partial charge in [-0.2, -0.15) is 0 Å². The molecule has 1 saturated heterocycles. The van der Waals surface area contributed by atoms with E-state index in [9.17, 15) is 0 Å². The summed E-state index contributed by atoms with van der Waals surface area (Å²) >= 11 is 0. The van der Waals surface area contributed by atoms with Crippen LogP contribution in [0.1, 0.15) is 40.0 Å². The third-order valence-electron chi connectivity index (χ3n) is 2.41. The van der Waals surface area contributed by atoms with Gasteiger partial charge in [-0.15, -0.1) is 0 Å². The summed E-state index contributed by atoms with van der Waals surface area (Å²) in [6, 6.07) is 0.252. The molecule has 3 nitrogen and oxygen atoms in total. The Morgan fingerprint density at radius 2 is 2.15 bits per heavy atom. The lowest BCUT2D eigenvalue weighted by molar-refractivity contribution is -0.0161. The van der Waals surface area contributed by atoms with Gasteiger partial charge < -0.3 is 10.5 Å². The second-order valence-electron chi connectivity index (χ2n) is 4.14. The standard InChI is InChI=1S/C10H20N2O/c1-8(2)12-9(11)10(3)6-4-5-7-13-10/h8H,4-7H2,1-3H3,(H2,11,12). The lowest BCUT2D eigenvalue weighted by atomic mass is 9.95. The van der Waals surface area contributed by atoms with Crippen LogP contribution in [0.3, 0.4) is 0 Å². The zero-order valence-electron chi connectivity index (χ0n) is 8.84. The quantitative estimate of drug-likeness (QED) is 0.524. The number of hydrogen-bond donors (Lipinski definition) is 1. The molecule has 76 valence electrons. The predicted molar refractivity (Wildman–Crippen MR) is 55.0 cm³/mol. The van der Waals surface area contributed by atoms with Gasteiger partial charge in [-0.1, -0.05) is 0 Å². The molecule has 1 aliphatic heterocycles. The van der Waals surface area contributed by atoms with Crippen molar-refractivity contribution in [2.75, 3.05) is 6.61 Å². The van der Waals surface area contributed by atoms with Crippen LogP contribution in [-0.2, 0) is 4.74 Å². The van der Waals surface area contributed by atoms with Gasteiger partial charge in [0, 0.05) is 12.6 Å². The molecule has 0 aromatic carbocycles. The summed E-state index contributed by atoms with van der Waals surface area (Å²) in [5.74, 6) is 0.655. The van der Waals surface area contributed by atoms with E-state index in [1.54, 1.807) is 0 Å². The van der Waals surface area contributed by atoms with Crippen LogP contribution in [0.15, 0.2) is 4.99 Å². The summed E-state index contributed by atoms with van der Waals surface area (Å²) in [7, 11) is 0. The lowest BCUT2D eigenvalue weighted by Gasteiger charge is -2.33. The molecule has 1 aliphatic rings. The molecule has 0 aromatic rings. The van der Waals surface area contributed by atoms with Crippen LogP contribution in [0.4, 0.5) is 0 Å². The molecule has 0 amide bonds. The predicted octanol–water partition coefficient (Wildman–Crippen LogP) is 1.71. The molecule has 0 spiro atoms. The largest absolute Gasteiger partial charge is 0.385 e. The zero-order chi connectivity index (χ0) is 9.90. The van der Waals surface area contributed by atoms with E-state index in [2.05, 4.69) is 4.99 Å². The van der Waals surface area contributed by atoms with Gasteiger partial charge in [-0.25, -0.2) is 0 Å². The third-order valence-corrected chi connectivity index (χ3v) is 2.41. The molecule has 1 rings (SSSR count). The van der Waals surface area contributed by atoms with Crippen LogP contribution < -0.4 is 5.73 Å². The number of rotatable bonds is 2. The van der Waals surface area contributed by atoms with Crippen molar-refractivity contribution >= 4 is 5.84 Å². The van der Waals surface area contributed by atoms with Crippen LogP contribution in [-0.4, -0.2) is 24.1 Å². The van der Waals surface area contributed by atoms with Crippen LogP contribution in [0.25, 0.3) is 0 Å². The number of ether oxygens (including phenoxy) is 1. The molecule has 3 heteroatoms. The SMILES string of the molecule is CC(C)N=C(N)C1(C)CCCCO1. The fraction of sp³-hybridized carbons (Fsp3) is 0.900. The number of nitrogens with two attached hydrogens (primary N) is 1. The Hall–Kier alpha value is -0.570. The molecule has 1 atom stereocenters. The van der Waals surface area contributed by atoms with E-state index in [-0.39, 0.29) is 11.6 Å². The Bertz CT molecular complexity index is 193. The molecular weight excluding hydrogens is 164 g/mol. The maximum absolute atomic E-state index is 5.91. The van der Waals surface area contributed by atoms with Crippen molar-refractivity contribution in [2.45, 2.75) is 51.7 Å². The normalized spacial score (nSPS) is 30.9. The Labute approximate surface area is 80.4 Å². The Balaban J connectivity index is 2.66. The second-order valence-corrected chi connectivity index (χ2v) is 4.14. The smallest absolute Gasteiger partial charge is 0.126 e. The Morgan fingerprint density at radius 1 is 1.46 bits per heavy atom. The highest BCUT2D eigenvalue weighted by atomic mass is 16.5. The molecule has 0 saturated carbocycles. The molecule has 0 radical (unpaired) electrons. The van der Waals surface area contributed by atoms with E-state index < -0.39 is 0 Å². The Kier molecular flexibility index (Phi) is 3.31. The molecule has 1 fully saturated rings. The molecule has 1 heterocycles. The van der Waals surface area contributed by atoms with Crippen molar-refractivity contribution in [3.8, 4) is 0 Å². The maximum atomic E-state index is 5.91. The van der Waals surface area contributed by atoms with E-state index in [4.69, 9.17) is 10.5 Å². The summed E-state index contributed by atoms with van der Waals surface area (Å²) in [5.41, 5.74) is 5.61. The average molecular weight is 184 g/mol. The van der Waals surface area contributed by atoms with Gasteiger partial charge in [-0.05, 0) is 40.0 Å². The topological polar surface area (TPSA) is 47.6 Å². The monoisotopic (exact) mass is 184 g/mol. The number of amidine groups is 1. The second kappa shape index (κ2) is 4.09. The van der Waals surface area contributed by atoms with E-state index in [0.717, 1.165) is 19.4 Å². The average Bonchev–Trinajstić information content (AvgIpc) is 2.04. The first kappa shape index (κ1) is 10.5. The molecule has 2 N–H and O–H groups in total. The van der Waals surface area contributed by atoms with Gasteiger partial charge in [0.25, 0.3) is 0 Å². The van der Waals surface area contributed by atoms with E-state index in [1.807, 2.05) is 20.8 Å².